The Bertz CT molecular complexity index is 926. The van der Waals surface area contributed by atoms with Crippen LogP contribution in [0.3, 0.4) is 0 Å². The highest BCUT2D eigenvalue weighted by atomic mass is 32.2. The molecule has 16 heteroatoms. The molecule has 1 rings (SSSR count). The van der Waals surface area contributed by atoms with Crippen molar-refractivity contribution in [2.45, 2.75) is 69.1 Å². The number of guanidine groups is 1. The minimum atomic E-state index is -1.24. The van der Waals surface area contributed by atoms with Crippen molar-refractivity contribution >= 4 is 41.4 Å². The summed E-state index contributed by atoms with van der Waals surface area (Å²) in [7, 11) is 0. The molecule has 0 radical (unpaired) electrons. The van der Waals surface area contributed by atoms with Crippen molar-refractivity contribution < 1.29 is 24.3 Å². The summed E-state index contributed by atoms with van der Waals surface area (Å²) in [5.74, 6) is -2.47. The number of unbranched alkanes of at least 4 members (excludes halogenated alkanes) is 1. The first-order chi connectivity index (χ1) is 18.6. The summed E-state index contributed by atoms with van der Waals surface area (Å²) < 4.78 is 0. The first kappa shape index (κ1) is 33.7. The average Bonchev–Trinajstić information content (AvgIpc) is 3.40. The van der Waals surface area contributed by atoms with Gasteiger partial charge in [0, 0.05) is 24.9 Å². The van der Waals surface area contributed by atoms with Crippen molar-refractivity contribution in [1.82, 2.24) is 25.9 Å². The maximum atomic E-state index is 13.3. The fraction of sp³-hybridized carbons (Fsp3) is 0.652. The third kappa shape index (κ3) is 13.8. The van der Waals surface area contributed by atoms with Crippen LogP contribution in [-0.2, 0) is 25.6 Å². The molecule has 220 valence electrons. The van der Waals surface area contributed by atoms with Gasteiger partial charge in [0.05, 0.1) is 12.4 Å². The number of nitrogens with one attached hydrogen (secondary N) is 4. The molecule has 0 bridgehead atoms. The summed E-state index contributed by atoms with van der Waals surface area (Å²) in [4.78, 5) is 61.4. The van der Waals surface area contributed by atoms with Crippen LogP contribution in [0, 0.1) is 0 Å². The summed E-state index contributed by atoms with van der Waals surface area (Å²) in [5, 5.41) is 17.4. The third-order valence-electron chi connectivity index (χ3n) is 5.72. The Hall–Kier alpha value is -3.37. The van der Waals surface area contributed by atoms with Gasteiger partial charge >= 0.3 is 5.97 Å². The first-order valence-electron chi connectivity index (χ1n) is 12.7. The Morgan fingerprint density at radius 1 is 1.00 bits per heavy atom. The number of thioether (sulfide) groups is 1. The molecule has 1 aromatic heterocycles. The van der Waals surface area contributed by atoms with Gasteiger partial charge in [0.25, 0.3) is 0 Å². The van der Waals surface area contributed by atoms with Crippen molar-refractivity contribution in [2.24, 2.45) is 27.9 Å². The second-order valence-electron chi connectivity index (χ2n) is 8.92. The number of aromatic nitrogens is 2. The van der Waals surface area contributed by atoms with Crippen LogP contribution in [0.15, 0.2) is 17.5 Å². The zero-order valence-corrected chi connectivity index (χ0v) is 23.0. The number of nitrogens with two attached hydrogens (primary N) is 4. The van der Waals surface area contributed by atoms with Crippen molar-refractivity contribution in [1.29, 1.82) is 0 Å². The molecule has 1 aromatic rings. The summed E-state index contributed by atoms with van der Waals surface area (Å²) in [6.45, 7) is 0.611. The van der Waals surface area contributed by atoms with Crippen LogP contribution in [0.4, 0.5) is 0 Å². The quantitative estimate of drug-likeness (QED) is 0.0459. The molecule has 3 amide bonds. The lowest BCUT2D eigenvalue weighted by Gasteiger charge is -2.25. The first-order valence-corrected chi connectivity index (χ1v) is 14.1. The molecule has 13 N–H and O–H groups in total. The molecule has 0 aliphatic carbocycles. The fourth-order valence-corrected chi connectivity index (χ4v) is 4.04. The van der Waals surface area contributed by atoms with Gasteiger partial charge in [-0.2, -0.15) is 11.8 Å². The van der Waals surface area contributed by atoms with Crippen LogP contribution in [0.25, 0.3) is 0 Å². The van der Waals surface area contributed by atoms with E-state index in [0.717, 1.165) is 0 Å². The van der Waals surface area contributed by atoms with Crippen molar-refractivity contribution in [3.8, 4) is 0 Å². The van der Waals surface area contributed by atoms with Crippen molar-refractivity contribution in [2.75, 3.05) is 25.1 Å². The average molecular weight is 571 g/mol. The highest BCUT2D eigenvalue weighted by Crippen LogP contribution is 2.07. The number of hydrogen-bond acceptors (Lipinski definition) is 9. The fourth-order valence-electron chi connectivity index (χ4n) is 3.55. The number of H-pyrrole nitrogens is 1. The van der Waals surface area contributed by atoms with Crippen molar-refractivity contribution in [3.63, 3.8) is 0 Å². The summed E-state index contributed by atoms with van der Waals surface area (Å²) in [6.07, 6.45) is 7.10. The molecule has 4 atom stereocenters. The van der Waals surface area contributed by atoms with Gasteiger partial charge in [-0.05, 0) is 57.1 Å². The van der Waals surface area contributed by atoms with Gasteiger partial charge < -0.3 is 49.0 Å². The van der Waals surface area contributed by atoms with E-state index < -0.39 is 47.9 Å². The zero-order chi connectivity index (χ0) is 29.2. The van der Waals surface area contributed by atoms with E-state index in [-0.39, 0.29) is 31.8 Å². The number of carbonyl (C=O) groups excluding carboxylic acids is 3. The van der Waals surface area contributed by atoms with Gasteiger partial charge in [-0.1, -0.05) is 0 Å². The summed E-state index contributed by atoms with van der Waals surface area (Å²) in [5.41, 5.74) is 22.7. The minimum Gasteiger partial charge on any atom is -0.480 e. The van der Waals surface area contributed by atoms with Gasteiger partial charge in [-0.15, -0.1) is 0 Å². The van der Waals surface area contributed by atoms with E-state index in [9.17, 15) is 24.3 Å². The van der Waals surface area contributed by atoms with Crippen LogP contribution in [0.5, 0.6) is 0 Å². The molecule has 0 aromatic carbocycles. The molecular formula is C23H42N10O5S. The van der Waals surface area contributed by atoms with Gasteiger partial charge in [-0.3, -0.25) is 19.4 Å². The molecule has 39 heavy (non-hydrogen) atoms. The maximum Gasteiger partial charge on any atom is 0.326 e. The van der Waals surface area contributed by atoms with E-state index in [4.69, 9.17) is 22.9 Å². The summed E-state index contributed by atoms with van der Waals surface area (Å²) in [6, 6.07) is -4.14. The molecular weight excluding hydrogens is 528 g/mol. The van der Waals surface area contributed by atoms with E-state index in [2.05, 4.69) is 30.9 Å². The number of carboxylic acids is 1. The van der Waals surface area contributed by atoms with E-state index in [1.165, 1.54) is 12.5 Å². The van der Waals surface area contributed by atoms with Crippen LogP contribution < -0.4 is 38.9 Å². The number of aliphatic carboxylic acids is 1. The van der Waals surface area contributed by atoms with Gasteiger partial charge in [0.15, 0.2) is 5.96 Å². The predicted octanol–water partition coefficient (Wildman–Crippen LogP) is -2.25. The largest absolute Gasteiger partial charge is 0.480 e. The number of rotatable bonds is 20. The number of aromatic amines is 1. The van der Waals surface area contributed by atoms with E-state index in [1.54, 1.807) is 11.8 Å². The molecule has 0 fully saturated rings. The van der Waals surface area contributed by atoms with Crippen molar-refractivity contribution in [3.05, 3.63) is 18.2 Å². The van der Waals surface area contributed by atoms with Crippen LogP contribution in [0.2, 0.25) is 0 Å². The number of hydrogen-bond donors (Lipinski definition) is 9. The molecule has 4 unspecified atom stereocenters. The van der Waals surface area contributed by atoms with Crippen LogP contribution in [-0.4, -0.2) is 94.0 Å². The second kappa shape index (κ2) is 18.8. The Morgan fingerprint density at radius 2 is 1.64 bits per heavy atom. The Balaban J connectivity index is 3.01. The lowest BCUT2D eigenvalue weighted by molar-refractivity contribution is -0.142. The standard InChI is InChI=1S/C23H42N10O5S/c1-39-10-7-15(25)19(34)31-16(5-2-3-8-24)20(35)33-18(11-14-12-28-13-30-14)21(36)32-17(22(37)38)6-4-9-29-23(26)27/h12-13,15-18H,2-11,24-25H2,1H3,(H,28,30)(H,31,34)(H,32,36)(H,33,35)(H,37,38)(H4,26,27,29). The second-order valence-corrected chi connectivity index (χ2v) is 9.91. The summed E-state index contributed by atoms with van der Waals surface area (Å²) >= 11 is 1.55. The highest BCUT2D eigenvalue weighted by Gasteiger charge is 2.30. The molecule has 0 aliphatic rings. The number of carboxylic acid groups (broad SMARTS) is 1. The Morgan fingerprint density at radius 3 is 2.23 bits per heavy atom. The normalized spacial score (nSPS) is 13.9. The van der Waals surface area contributed by atoms with Gasteiger partial charge in [-0.25, -0.2) is 9.78 Å². The third-order valence-corrected chi connectivity index (χ3v) is 6.37. The minimum absolute atomic E-state index is 0.00855. The van der Waals surface area contributed by atoms with E-state index in [1.807, 2.05) is 6.26 Å². The highest BCUT2D eigenvalue weighted by molar-refractivity contribution is 7.98. The Labute approximate surface area is 232 Å². The SMILES string of the molecule is CSCCC(N)C(=O)NC(CCCCN)C(=O)NC(Cc1cnc[nH]1)C(=O)NC(CCCN=C(N)N)C(=O)O. The van der Waals surface area contributed by atoms with E-state index in [0.29, 0.717) is 43.7 Å². The molecule has 0 spiro atoms. The Kier molecular flexibility index (Phi) is 16.2. The van der Waals surface area contributed by atoms with Crippen LogP contribution in [0.1, 0.15) is 44.2 Å². The number of carbonyl (C=O) groups is 4. The lowest BCUT2D eigenvalue weighted by Crippen LogP contribution is -2.57. The number of aliphatic imine (C=N–C) groups is 1. The lowest BCUT2D eigenvalue weighted by atomic mass is 10.0. The number of imidazole rings is 1. The topological polar surface area (TPSA) is 270 Å². The van der Waals surface area contributed by atoms with Gasteiger partial charge in [0.2, 0.25) is 17.7 Å². The predicted molar refractivity (Wildman–Crippen MR) is 150 cm³/mol. The smallest absolute Gasteiger partial charge is 0.326 e. The monoisotopic (exact) mass is 570 g/mol. The van der Waals surface area contributed by atoms with Crippen LogP contribution >= 0.6 is 11.8 Å². The number of amides is 3. The molecule has 1 heterocycles. The molecule has 0 saturated heterocycles. The van der Waals surface area contributed by atoms with E-state index >= 15 is 0 Å². The van der Waals surface area contributed by atoms with Gasteiger partial charge in [0.1, 0.15) is 18.1 Å². The number of nitrogens with zero attached hydrogens (tertiary/aromatic N) is 2. The zero-order valence-electron chi connectivity index (χ0n) is 22.2. The molecule has 0 saturated carbocycles. The molecule has 15 nitrogen and oxygen atoms in total. The maximum absolute atomic E-state index is 13.3. The molecule has 0 aliphatic heterocycles.